The molecule has 1 aliphatic heterocycles. The first-order valence-electron chi connectivity index (χ1n) is 7.14. The van der Waals surface area contributed by atoms with Crippen LogP contribution in [0.15, 0.2) is 23.7 Å². The van der Waals surface area contributed by atoms with Gasteiger partial charge in [-0.15, -0.1) is 11.3 Å². The van der Waals surface area contributed by atoms with Crippen LogP contribution in [-0.4, -0.2) is 30.5 Å². The van der Waals surface area contributed by atoms with Crippen LogP contribution in [0.3, 0.4) is 0 Å². The molecule has 1 aromatic carbocycles. The first kappa shape index (κ1) is 15.5. The van der Waals surface area contributed by atoms with Gasteiger partial charge in [0.2, 0.25) is 10.0 Å². The second-order valence-corrected chi connectivity index (χ2v) is 8.43. The Hall–Kier alpha value is -1.44. The molecule has 5 nitrogen and oxygen atoms in total. The summed E-state index contributed by atoms with van der Waals surface area (Å²) >= 11 is 1.65. The highest BCUT2D eigenvalue weighted by atomic mass is 32.2. The minimum absolute atomic E-state index is 0.462. The number of sulfonamides is 1. The molecule has 0 atom stereocenters. The Morgan fingerprint density at radius 3 is 2.91 bits per heavy atom. The van der Waals surface area contributed by atoms with Gasteiger partial charge in [-0.3, -0.25) is 0 Å². The summed E-state index contributed by atoms with van der Waals surface area (Å²) in [5, 5.41) is 3.47. The van der Waals surface area contributed by atoms with Crippen LogP contribution < -0.4 is 5.32 Å². The molecular weight excluding hydrogens is 318 g/mol. The average molecular weight is 337 g/mol. The van der Waals surface area contributed by atoms with Gasteiger partial charge in [-0.25, -0.2) is 13.4 Å². The maximum Gasteiger partial charge on any atom is 0.211 e. The molecule has 1 N–H and O–H groups in total. The fourth-order valence-corrected chi connectivity index (χ4v) is 4.22. The van der Waals surface area contributed by atoms with Gasteiger partial charge in [0.1, 0.15) is 0 Å². The Bertz CT molecular complexity index is 784. The van der Waals surface area contributed by atoms with Crippen LogP contribution in [0.5, 0.6) is 0 Å². The van der Waals surface area contributed by atoms with Gasteiger partial charge in [-0.05, 0) is 30.5 Å². The molecule has 7 heteroatoms. The lowest BCUT2D eigenvalue weighted by Gasteiger charge is -2.28. The van der Waals surface area contributed by atoms with Crippen molar-refractivity contribution in [2.45, 2.75) is 26.4 Å². The molecule has 0 saturated carbocycles. The number of nitrogens with zero attached hydrogens (tertiary/aromatic N) is 2. The first-order valence-corrected chi connectivity index (χ1v) is 9.86. The molecule has 0 aliphatic carbocycles. The van der Waals surface area contributed by atoms with Gasteiger partial charge in [0.15, 0.2) is 0 Å². The number of fused-ring (bicyclic) bond motifs is 1. The van der Waals surface area contributed by atoms with E-state index in [0.29, 0.717) is 13.1 Å². The molecule has 0 saturated heterocycles. The molecule has 118 valence electrons. The van der Waals surface area contributed by atoms with Crippen molar-refractivity contribution in [3.05, 3.63) is 45.4 Å². The molecule has 0 spiro atoms. The summed E-state index contributed by atoms with van der Waals surface area (Å²) in [6.07, 6.45) is 2.01. The van der Waals surface area contributed by atoms with Crippen LogP contribution in [-0.2, 0) is 29.5 Å². The zero-order valence-electron chi connectivity index (χ0n) is 12.7. The van der Waals surface area contributed by atoms with E-state index in [1.165, 1.54) is 21.0 Å². The van der Waals surface area contributed by atoms with Crippen molar-refractivity contribution >= 4 is 27.0 Å². The average Bonchev–Trinajstić information content (AvgIpc) is 2.89. The van der Waals surface area contributed by atoms with E-state index in [9.17, 15) is 8.42 Å². The van der Waals surface area contributed by atoms with E-state index in [4.69, 9.17) is 0 Å². The number of aromatic nitrogens is 1. The van der Waals surface area contributed by atoms with Crippen LogP contribution in [0.25, 0.3) is 0 Å². The van der Waals surface area contributed by atoms with Gasteiger partial charge in [-0.2, -0.15) is 4.31 Å². The van der Waals surface area contributed by atoms with E-state index in [1.807, 2.05) is 24.6 Å². The summed E-state index contributed by atoms with van der Waals surface area (Å²) in [4.78, 5) is 5.49. The van der Waals surface area contributed by atoms with Gasteiger partial charge in [-0.1, -0.05) is 12.1 Å². The Morgan fingerprint density at radius 1 is 1.41 bits per heavy atom. The Morgan fingerprint density at radius 2 is 2.23 bits per heavy atom. The SMILES string of the molecule is Cc1ncsc1CNc1cccc2c1CCN(S(C)(=O)=O)C2. The molecule has 0 amide bonds. The van der Waals surface area contributed by atoms with Crippen molar-refractivity contribution < 1.29 is 8.42 Å². The van der Waals surface area contributed by atoms with Gasteiger partial charge in [0.05, 0.1) is 24.0 Å². The summed E-state index contributed by atoms with van der Waals surface area (Å²) in [6, 6.07) is 6.05. The fraction of sp³-hybridized carbons (Fsp3) is 0.400. The fourth-order valence-electron chi connectivity index (χ4n) is 2.70. The molecule has 1 aromatic heterocycles. The van der Waals surface area contributed by atoms with Gasteiger partial charge >= 0.3 is 0 Å². The number of thiazole rings is 1. The number of benzene rings is 1. The summed E-state index contributed by atoms with van der Waals surface area (Å²) < 4.78 is 24.9. The van der Waals surface area contributed by atoms with Crippen LogP contribution in [0.2, 0.25) is 0 Å². The van der Waals surface area contributed by atoms with Crippen molar-refractivity contribution in [1.82, 2.24) is 9.29 Å². The molecule has 0 radical (unpaired) electrons. The molecular formula is C15H19N3O2S2. The lowest BCUT2D eigenvalue weighted by atomic mass is 9.99. The van der Waals surface area contributed by atoms with Crippen molar-refractivity contribution in [2.24, 2.45) is 0 Å². The highest BCUT2D eigenvalue weighted by Crippen LogP contribution is 2.28. The maximum absolute atomic E-state index is 11.7. The molecule has 1 aliphatic rings. The molecule has 22 heavy (non-hydrogen) atoms. The number of hydrogen-bond donors (Lipinski definition) is 1. The molecule has 0 unspecified atom stereocenters. The molecule has 3 rings (SSSR count). The minimum atomic E-state index is -3.13. The van der Waals surface area contributed by atoms with Crippen molar-refractivity contribution in [1.29, 1.82) is 0 Å². The van der Waals surface area contributed by atoms with Gasteiger partial charge in [0, 0.05) is 23.7 Å². The highest BCUT2D eigenvalue weighted by molar-refractivity contribution is 7.88. The monoisotopic (exact) mass is 337 g/mol. The van der Waals surface area contributed by atoms with Crippen LogP contribution in [0.4, 0.5) is 5.69 Å². The van der Waals surface area contributed by atoms with E-state index < -0.39 is 10.0 Å². The Kier molecular flexibility index (Phi) is 4.20. The second-order valence-electron chi connectivity index (χ2n) is 5.50. The molecule has 2 aromatic rings. The van der Waals surface area contributed by atoms with Crippen molar-refractivity contribution in [3.8, 4) is 0 Å². The third-order valence-electron chi connectivity index (χ3n) is 3.98. The van der Waals surface area contributed by atoms with Crippen LogP contribution in [0, 0.1) is 6.92 Å². The quantitative estimate of drug-likeness (QED) is 0.930. The second kappa shape index (κ2) is 5.98. The lowest BCUT2D eigenvalue weighted by molar-refractivity contribution is 0.395. The highest BCUT2D eigenvalue weighted by Gasteiger charge is 2.24. The number of hydrogen-bond acceptors (Lipinski definition) is 5. The topological polar surface area (TPSA) is 62.3 Å². The third-order valence-corrected chi connectivity index (χ3v) is 6.17. The first-order chi connectivity index (χ1) is 10.4. The summed E-state index contributed by atoms with van der Waals surface area (Å²) in [7, 11) is -3.13. The van der Waals surface area contributed by atoms with Crippen molar-refractivity contribution in [3.63, 3.8) is 0 Å². The minimum Gasteiger partial charge on any atom is -0.380 e. The lowest BCUT2D eigenvalue weighted by Crippen LogP contribution is -2.35. The number of nitrogens with one attached hydrogen (secondary N) is 1. The summed E-state index contributed by atoms with van der Waals surface area (Å²) in [6.45, 7) is 3.77. The maximum atomic E-state index is 11.7. The molecule has 0 fully saturated rings. The van der Waals surface area contributed by atoms with Crippen LogP contribution in [0.1, 0.15) is 21.7 Å². The predicted octanol–water partition coefficient (Wildman–Crippen LogP) is 2.38. The van der Waals surface area contributed by atoms with Gasteiger partial charge < -0.3 is 5.32 Å². The van der Waals surface area contributed by atoms with E-state index in [1.54, 1.807) is 11.3 Å². The predicted molar refractivity (Wildman–Crippen MR) is 89.6 cm³/mol. The van der Waals surface area contributed by atoms with E-state index in [-0.39, 0.29) is 0 Å². The van der Waals surface area contributed by atoms with E-state index in [2.05, 4.69) is 16.4 Å². The number of aryl methyl sites for hydroxylation is 1. The normalized spacial score (nSPS) is 15.5. The number of rotatable bonds is 4. The number of anilines is 1. The van der Waals surface area contributed by atoms with E-state index in [0.717, 1.165) is 29.9 Å². The zero-order chi connectivity index (χ0) is 15.7. The molecule has 2 heterocycles. The largest absolute Gasteiger partial charge is 0.380 e. The Labute approximate surface area is 135 Å². The van der Waals surface area contributed by atoms with Gasteiger partial charge in [0.25, 0.3) is 0 Å². The smallest absolute Gasteiger partial charge is 0.211 e. The van der Waals surface area contributed by atoms with Crippen LogP contribution >= 0.6 is 11.3 Å². The Balaban J connectivity index is 1.79. The van der Waals surface area contributed by atoms with Crippen molar-refractivity contribution in [2.75, 3.05) is 18.1 Å². The summed E-state index contributed by atoms with van der Waals surface area (Å²) in [5.74, 6) is 0. The standard InChI is InChI=1S/C15H19N3O2S2/c1-11-15(21-10-17-11)8-16-14-5-3-4-12-9-18(22(2,19)20)7-6-13(12)14/h3-5,10,16H,6-9H2,1-2H3. The third kappa shape index (κ3) is 3.16. The zero-order valence-corrected chi connectivity index (χ0v) is 14.3. The van der Waals surface area contributed by atoms with E-state index >= 15 is 0 Å². The molecule has 0 bridgehead atoms. The summed E-state index contributed by atoms with van der Waals surface area (Å²) in [5.41, 5.74) is 6.33.